The van der Waals surface area contributed by atoms with Crippen LogP contribution < -0.4 is 16.4 Å². The van der Waals surface area contributed by atoms with Crippen molar-refractivity contribution < 1.29 is 14.4 Å². The van der Waals surface area contributed by atoms with Crippen LogP contribution in [0.15, 0.2) is 0 Å². The summed E-state index contributed by atoms with van der Waals surface area (Å²) in [6.07, 6.45) is 0.821. The smallest absolute Gasteiger partial charge is 0.324 e. The molecular formula is C11H20N4O3. The third-order valence-corrected chi connectivity index (χ3v) is 3.13. The van der Waals surface area contributed by atoms with Gasteiger partial charge < -0.3 is 16.4 Å². The van der Waals surface area contributed by atoms with Gasteiger partial charge in [-0.1, -0.05) is 20.3 Å². The SMILES string of the molecule is CCC(C)C(N)C(=O)NCCN1C(=O)CNC1=O. The Bertz CT molecular complexity index is 329. The molecule has 0 radical (unpaired) electrons. The molecule has 0 aromatic rings. The molecule has 0 spiro atoms. The van der Waals surface area contributed by atoms with E-state index < -0.39 is 12.1 Å². The van der Waals surface area contributed by atoms with Crippen LogP contribution in [0, 0.1) is 5.92 Å². The first-order valence-electron chi connectivity index (χ1n) is 6.08. The van der Waals surface area contributed by atoms with Gasteiger partial charge in [-0.2, -0.15) is 0 Å². The lowest BCUT2D eigenvalue weighted by Gasteiger charge is -2.18. The molecule has 0 bridgehead atoms. The predicted molar refractivity (Wildman–Crippen MR) is 65.6 cm³/mol. The van der Waals surface area contributed by atoms with Crippen molar-refractivity contribution in [2.75, 3.05) is 19.6 Å². The van der Waals surface area contributed by atoms with Gasteiger partial charge in [0.2, 0.25) is 11.8 Å². The summed E-state index contributed by atoms with van der Waals surface area (Å²) < 4.78 is 0. The van der Waals surface area contributed by atoms with Crippen LogP contribution in [-0.4, -0.2) is 48.4 Å². The fraction of sp³-hybridized carbons (Fsp3) is 0.727. The molecule has 2 atom stereocenters. The Morgan fingerprint density at radius 1 is 1.56 bits per heavy atom. The molecule has 1 heterocycles. The maximum atomic E-state index is 11.6. The van der Waals surface area contributed by atoms with Crippen LogP contribution in [0.25, 0.3) is 0 Å². The van der Waals surface area contributed by atoms with Crippen molar-refractivity contribution in [3.63, 3.8) is 0 Å². The Morgan fingerprint density at radius 2 is 2.22 bits per heavy atom. The molecule has 1 rings (SSSR count). The van der Waals surface area contributed by atoms with Crippen LogP contribution in [0.4, 0.5) is 4.79 Å². The molecule has 0 saturated carbocycles. The van der Waals surface area contributed by atoms with E-state index in [0.717, 1.165) is 11.3 Å². The van der Waals surface area contributed by atoms with E-state index >= 15 is 0 Å². The van der Waals surface area contributed by atoms with E-state index in [2.05, 4.69) is 10.6 Å². The predicted octanol–water partition coefficient (Wildman–Crippen LogP) is -0.972. The number of carbonyl (C=O) groups is 3. The molecule has 2 unspecified atom stereocenters. The Balaban J connectivity index is 2.31. The fourth-order valence-electron chi connectivity index (χ4n) is 1.60. The Morgan fingerprint density at radius 3 is 2.72 bits per heavy atom. The number of carbonyl (C=O) groups excluding carboxylic acids is 3. The average Bonchev–Trinajstić information content (AvgIpc) is 2.68. The highest BCUT2D eigenvalue weighted by Gasteiger charge is 2.28. The van der Waals surface area contributed by atoms with Gasteiger partial charge in [-0.15, -0.1) is 0 Å². The topological polar surface area (TPSA) is 105 Å². The molecule has 4 N–H and O–H groups in total. The molecule has 4 amide bonds. The number of urea groups is 1. The van der Waals surface area contributed by atoms with Crippen molar-refractivity contribution in [1.82, 2.24) is 15.5 Å². The van der Waals surface area contributed by atoms with Crippen molar-refractivity contribution in [2.24, 2.45) is 11.7 Å². The lowest BCUT2D eigenvalue weighted by molar-refractivity contribution is -0.126. The summed E-state index contributed by atoms with van der Waals surface area (Å²) in [7, 11) is 0. The van der Waals surface area contributed by atoms with Crippen LogP contribution >= 0.6 is 0 Å². The molecule has 1 aliphatic heterocycles. The quantitative estimate of drug-likeness (QED) is 0.532. The van der Waals surface area contributed by atoms with Crippen molar-refractivity contribution >= 4 is 17.8 Å². The molecule has 0 aromatic carbocycles. The summed E-state index contributed by atoms with van der Waals surface area (Å²) in [4.78, 5) is 35.2. The molecule has 1 fully saturated rings. The van der Waals surface area contributed by atoms with Crippen LogP contribution in [0.2, 0.25) is 0 Å². The molecule has 0 aliphatic carbocycles. The van der Waals surface area contributed by atoms with E-state index in [1.54, 1.807) is 0 Å². The first kappa shape index (κ1) is 14.4. The van der Waals surface area contributed by atoms with E-state index in [-0.39, 0.29) is 37.4 Å². The summed E-state index contributed by atoms with van der Waals surface area (Å²) >= 11 is 0. The van der Waals surface area contributed by atoms with Crippen LogP contribution in [0.5, 0.6) is 0 Å². The third kappa shape index (κ3) is 3.43. The number of nitrogens with one attached hydrogen (secondary N) is 2. The zero-order valence-corrected chi connectivity index (χ0v) is 10.7. The highest BCUT2D eigenvalue weighted by molar-refractivity contribution is 6.01. The lowest BCUT2D eigenvalue weighted by atomic mass is 9.99. The van der Waals surface area contributed by atoms with E-state index in [0.29, 0.717) is 0 Å². The van der Waals surface area contributed by atoms with Gasteiger partial charge in [0.25, 0.3) is 0 Å². The van der Waals surface area contributed by atoms with Gasteiger partial charge in [-0.3, -0.25) is 14.5 Å². The van der Waals surface area contributed by atoms with Crippen LogP contribution in [-0.2, 0) is 9.59 Å². The minimum Gasteiger partial charge on any atom is -0.353 e. The number of imide groups is 1. The summed E-state index contributed by atoms with van der Waals surface area (Å²) in [6.45, 7) is 4.29. The number of amides is 4. The third-order valence-electron chi connectivity index (χ3n) is 3.13. The maximum absolute atomic E-state index is 11.6. The Labute approximate surface area is 106 Å². The molecule has 1 saturated heterocycles. The van der Waals surface area contributed by atoms with Crippen LogP contribution in [0.1, 0.15) is 20.3 Å². The van der Waals surface area contributed by atoms with Gasteiger partial charge in [-0.25, -0.2) is 4.79 Å². The monoisotopic (exact) mass is 256 g/mol. The van der Waals surface area contributed by atoms with Gasteiger partial charge in [-0.05, 0) is 5.92 Å². The first-order valence-corrected chi connectivity index (χ1v) is 6.08. The molecule has 0 aromatic heterocycles. The number of nitrogens with two attached hydrogens (primary N) is 1. The number of hydrogen-bond acceptors (Lipinski definition) is 4. The van der Waals surface area contributed by atoms with E-state index in [4.69, 9.17) is 5.73 Å². The number of nitrogens with zero attached hydrogens (tertiary/aromatic N) is 1. The highest BCUT2D eigenvalue weighted by atomic mass is 16.2. The van der Waals surface area contributed by atoms with Gasteiger partial charge in [0.1, 0.15) is 0 Å². The zero-order chi connectivity index (χ0) is 13.7. The summed E-state index contributed by atoms with van der Waals surface area (Å²) in [6, 6.07) is -0.974. The largest absolute Gasteiger partial charge is 0.353 e. The Hall–Kier alpha value is -1.63. The minimum atomic E-state index is -0.557. The van der Waals surface area contributed by atoms with Crippen molar-refractivity contribution in [1.29, 1.82) is 0 Å². The Kier molecular flexibility index (Phi) is 5.08. The van der Waals surface area contributed by atoms with E-state index in [1.807, 2.05) is 13.8 Å². The summed E-state index contributed by atoms with van der Waals surface area (Å²) in [5.74, 6) is -0.432. The van der Waals surface area contributed by atoms with E-state index in [9.17, 15) is 14.4 Å². The standard InChI is InChI=1S/C11H20N4O3/c1-3-7(2)9(12)10(17)13-4-5-15-8(16)6-14-11(15)18/h7,9H,3-6,12H2,1-2H3,(H,13,17)(H,14,18). The second-order valence-corrected chi connectivity index (χ2v) is 4.41. The fourth-order valence-corrected chi connectivity index (χ4v) is 1.60. The molecule has 1 aliphatic rings. The second kappa shape index (κ2) is 6.34. The maximum Gasteiger partial charge on any atom is 0.324 e. The van der Waals surface area contributed by atoms with E-state index in [1.165, 1.54) is 0 Å². The summed E-state index contributed by atoms with van der Waals surface area (Å²) in [5, 5.41) is 5.04. The zero-order valence-electron chi connectivity index (χ0n) is 10.7. The highest BCUT2D eigenvalue weighted by Crippen LogP contribution is 2.05. The van der Waals surface area contributed by atoms with Gasteiger partial charge in [0, 0.05) is 13.1 Å². The minimum absolute atomic E-state index is 0.0269. The van der Waals surface area contributed by atoms with Gasteiger partial charge in [0.05, 0.1) is 12.6 Å². The molecule has 7 nitrogen and oxygen atoms in total. The normalized spacial score (nSPS) is 18.5. The van der Waals surface area contributed by atoms with Gasteiger partial charge >= 0.3 is 6.03 Å². The first-order chi connectivity index (χ1) is 8.47. The second-order valence-electron chi connectivity index (χ2n) is 4.41. The number of hydrogen-bond donors (Lipinski definition) is 3. The van der Waals surface area contributed by atoms with Crippen molar-refractivity contribution in [2.45, 2.75) is 26.3 Å². The molecular weight excluding hydrogens is 236 g/mol. The van der Waals surface area contributed by atoms with Crippen molar-refractivity contribution in [3.8, 4) is 0 Å². The number of rotatable bonds is 6. The molecule has 18 heavy (non-hydrogen) atoms. The van der Waals surface area contributed by atoms with Crippen LogP contribution in [0.3, 0.4) is 0 Å². The van der Waals surface area contributed by atoms with Gasteiger partial charge in [0.15, 0.2) is 0 Å². The molecule has 7 heteroatoms. The molecule has 102 valence electrons. The lowest BCUT2D eigenvalue weighted by Crippen LogP contribution is -2.47. The average molecular weight is 256 g/mol. The summed E-state index contributed by atoms with van der Waals surface area (Å²) in [5.41, 5.74) is 5.75. The van der Waals surface area contributed by atoms with Crippen molar-refractivity contribution in [3.05, 3.63) is 0 Å².